The van der Waals surface area contributed by atoms with Crippen LogP contribution in [0, 0.1) is 5.82 Å². The van der Waals surface area contributed by atoms with Crippen LogP contribution in [0.2, 0.25) is 0 Å². The highest BCUT2D eigenvalue weighted by molar-refractivity contribution is 6.11. The van der Waals surface area contributed by atoms with Crippen molar-refractivity contribution in [3.8, 4) is 5.75 Å². The number of urea groups is 1. The third-order valence-electron chi connectivity index (χ3n) is 4.06. The number of allylic oxidation sites excluding steroid dienone is 1. The number of phenolic OH excluding ortho intramolecular Hbond substituents is 1. The Balaban J connectivity index is 2.10. The van der Waals surface area contributed by atoms with E-state index in [9.17, 15) is 19.1 Å². The number of halogens is 1. The van der Waals surface area contributed by atoms with Gasteiger partial charge in [-0.05, 0) is 48.4 Å². The van der Waals surface area contributed by atoms with Crippen molar-refractivity contribution < 1.29 is 19.1 Å². The Morgan fingerprint density at radius 2 is 1.92 bits per heavy atom. The SMILES string of the molecule is CCC1=C(C(=O)c2ccc(F)cc2)C(c2cccc(O)c2)NC(=O)N1. The van der Waals surface area contributed by atoms with Gasteiger partial charge in [0.15, 0.2) is 5.78 Å². The largest absolute Gasteiger partial charge is 0.508 e. The summed E-state index contributed by atoms with van der Waals surface area (Å²) >= 11 is 0. The molecule has 2 amide bonds. The smallest absolute Gasteiger partial charge is 0.319 e. The molecule has 2 aromatic rings. The zero-order valence-electron chi connectivity index (χ0n) is 13.5. The van der Waals surface area contributed by atoms with Gasteiger partial charge in [-0.1, -0.05) is 19.1 Å². The Bertz CT molecular complexity index is 859. The van der Waals surface area contributed by atoms with Gasteiger partial charge < -0.3 is 15.7 Å². The van der Waals surface area contributed by atoms with Crippen LogP contribution < -0.4 is 10.6 Å². The van der Waals surface area contributed by atoms with E-state index in [4.69, 9.17) is 0 Å². The summed E-state index contributed by atoms with van der Waals surface area (Å²) in [4.78, 5) is 25.0. The molecule has 1 aliphatic heterocycles. The third-order valence-corrected chi connectivity index (χ3v) is 4.06. The van der Waals surface area contributed by atoms with E-state index in [1.54, 1.807) is 12.1 Å². The lowest BCUT2D eigenvalue weighted by Gasteiger charge is -2.29. The summed E-state index contributed by atoms with van der Waals surface area (Å²) in [6, 6.07) is 10.5. The maximum atomic E-state index is 13.2. The molecular weight excluding hydrogens is 323 g/mol. The van der Waals surface area contributed by atoms with Gasteiger partial charge >= 0.3 is 6.03 Å². The molecule has 0 radical (unpaired) electrons. The average molecular weight is 340 g/mol. The molecule has 0 aromatic heterocycles. The van der Waals surface area contributed by atoms with Gasteiger partial charge in [-0.3, -0.25) is 4.79 Å². The van der Waals surface area contributed by atoms with Crippen LogP contribution in [0.15, 0.2) is 59.8 Å². The van der Waals surface area contributed by atoms with Gasteiger partial charge in [0.2, 0.25) is 0 Å². The van der Waals surface area contributed by atoms with Gasteiger partial charge in [-0.15, -0.1) is 0 Å². The van der Waals surface area contributed by atoms with Crippen molar-refractivity contribution in [2.24, 2.45) is 0 Å². The Kier molecular flexibility index (Phi) is 4.52. The minimum Gasteiger partial charge on any atom is -0.508 e. The molecule has 25 heavy (non-hydrogen) atoms. The molecule has 1 heterocycles. The van der Waals surface area contributed by atoms with E-state index in [1.165, 1.54) is 36.4 Å². The molecule has 1 aliphatic rings. The fourth-order valence-electron chi connectivity index (χ4n) is 2.88. The monoisotopic (exact) mass is 340 g/mol. The molecule has 5 nitrogen and oxygen atoms in total. The van der Waals surface area contributed by atoms with Crippen LogP contribution in [-0.4, -0.2) is 16.9 Å². The fourth-order valence-corrected chi connectivity index (χ4v) is 2.88. The van der Waals surface area contributed by atoms with Gasteiger partial charge in [-0.25, -0.2) is 9.18 Å². The molecule has 0 saturated carbocycles. The number of carbonyl (C=O) groups excluding carboxylic acids is 2. The summed E-state index contributed by atoms with van der Waals surface area (Å²) in [5.41, 5.74) is 1.79. The number of nitrogens with one attached hydrogen (secondary N) is 2. The van der Waals surface area contributed by atoms with E-state index in [0.29, 0.717) is 28.8 Å². The summed E-state index contributed by atoms with van der Waals surface area (Å²) in [7, 11) is 0. The predicted octanol–water partition coefficient (Wildman–Crippen LogP) is 3.43. The number of hydrogen-bond donors (Lipinski definition) is 3. The zero-order chi connectivity index (χ0) is 18.0. The molecule has 0 spiro atoms. The van der Waals surface area contributed by atoms with Crippen LogP contribution in [0.25, 0.3) is 0 Å². The number of carbonyl (C=O) groups is 2. The lowest BCUT2D eigenvalue weighted by molar-refractivity contribution is 0.102. The Morgan fingerprint density at radius 3 is 2.56 bits per heavy atom. The number of rotatable bonds is 4. The molecule has 1 unspecified atom stereocenters. The second-order valence-corrected chi connectivity index (χ2v) is 5.71. The topological polar surface area (TPSA) is 78.4 Å². The average Bonchev–Trinajstić information content (AvgIpc) is 2.61. The first-order chi connectivity index (χ1) is 12.0. The second kappa shape index (κ2) is 6.76. The quantitative estimate of drug-likeness (QED) is 0.746. The van der Waals surface area contributed by atoms with Crippen LogP contribution in [-0.2, 0) is 0 Å². The first-order valence-electron chi connectivity index (χ1n) is 7.89. The highest BCUT2D eigenvalue weighted by Crippen LogP contribution is 2.31. The van der Waals surface area contributed by atoms with E-state index in [-0.39, 0.29) is 11.5 Å². The Morgan fingerprint density at radius 1 is 1.20 bits per heavy atom. The van der Waals surface area contributed by atoms with Crippen molar-refractivity contribution in [1.29, 1.82) is 0 Å². The second-order valence-electron chi connectivity index (χ2n) is 5.71. The first-order valence-corrected chi connectivity index (χ1v) is 7.89. The van der Waals surface area contributed by atoms with Gasteiger partial charge in [0.05, 0.1) is 6.04 Å². The maximum absolute atomic E-state index is 13.2. The standard InChI is InChI=1S/C19H17FN2O3/c1-2-15-16(18(24)11-6-8-13(20)9-7-11)17(22-19(25)21-15)12-4-3-5-14(23)10-12/h3-10,17,23H,2H2,1H3,(H2,21,22,25). The van der Waals surface area contributed by atoms with Crippen LogP contribution in [0.5, 0.6) is 5.75 Å². The van der Waals surface area contributed by atoms with E-state index < -0.39 is 17.9 Å². The summed E-state index contributed by atoms with van der Waals surface area (Å²) in [6.45, 7) is 1.83. The van der Waals surface area contributed by atoms with Crippen LogP contribution in [0.4, 0.5) is 9.18 Å². The molecule has 3 N–H and O–H groups in total. The molecule has 128 valence electrons. The van der Waals surface area contributed by atoms with Crippen molar-refractivity contribution in [3.05, 3.63) is 76.7 Å². The Labute approximate surface area is 144 Å². The van der Waals surface area contributed by atoms with E-state index >= 15 is 0 Å². The van der Waals surface area contributed by atoms with E-state index in [0.717, 1.165) is 0 Å². The minimum atomic E-state index is -0.701. The lowest BCUT2D eigenvalue weighted by atomic mass is 9.88. The highest BCUT2D eigenvalue weighted by atomic mass is 19.1. The number of ketones is 1. The van der Waals surface area contributed by atoms with Crippen molar-refractivity contribution in [2.75, 3.05) is 0 Å². The molecule has 1 atom stereocenters. The number of Topliss-reactive ketones (excluding diaryl/α,β-unsaturated/α-hetero) is 1. The molecule has 0 saturated heterocycles. The molecule has 0 bridgehead atoms. The number of phenols is 1. The summed E-state index contributed by atoms with van der Waals surface area (Å²) in [5.74, 6) is -0.699. The molecule has 0 aliphatic carbocycles. The van der Waals surface area contributed by atoms with Gasteiger partial charge in [0.25, 0.3) is 0 Å². The molecule has 6 heteroatoms. The van der Waals surface area contributed by atoms with Crippen molar-refractivity contribution in [1.82, 2.24) is 10.6 Å². The van der Waals surface area contributed by atoms with Gasteiger partial charge in [-0.2, -0.15) is 0 Å². The molecule has 2 aromatic carbocycles. The first kappa shape index (κ1) is 16.7. The van der Waals surface area contributed by atoms with Crippen molar-refractivity contribution >= 4 is 11.8 Å². The molecular formula is C19H17FN2O3. The van der Waals surface area contributed by atoms with Gasteiger partial charge in [0, 0.05) is 16.8 Å². The zero-order valence-corrected chi connectivity index (χ0v) is 13.5. The number of aromatic hydroxyl groups is 1. The normalized spacial score (nSPS) is 17.0. The van der Waals surface area contributed by atoms with E-state index in [1.807, 2.05) is 6.92 Å². The van der Waals surface area contributed by atoms with Gasteiger partial charge in [0.1, 0.15) is 11.6 Å². The molecule has 3 rings (SSSR count). The minimum absolute atomic E-state index is 0.0388. The number of benzene rings is 2. The summed E-state index contributed by atoms with van der Waals surface area (Å²) in [5, 5.41) is 15.1. The number of amides is 2. The third kappa shape index (κ3) is 3.38. The van der Waals surface area contributed by atoms with Crippen molar-refractivity contribution in [2.45, 2.75) is 19.4 Å². The van der Waals surface area contributed by atoms with Crippen molar-refractivity contribution in [3.63, 3.8) is 0 Å². The number of hydrogen-bond acceptors (Lipinski definition) is 3. The van der Waals surface area contributed by atoms with Crippen LogP contribution in [0.3, 0.4) is 0 Å². The van der Waals surface area contributed by atoms with E-state index in [2.05, 4.69) is 10.6 Å². The maximum Gasteiger partial charge on any atom is 0.319 e. The van der Waals surface area contributed by atoms with Crippen LogP contribution >= 0.6 is 0 Å². The fraction of sp³-hybridized carbons (Fsp3) is 0.158. The van der Waals surface area contributed by atoms with Crippen LogP contribution in [0.1, 0.15) is 35.3 Å². The lowest BCUT2D eigenvalue weighted by Crippen LogP contribution is -2.45. The highest BCUT2D eigenvalue weighted by Gasteiger charge is 2.32. The molecule has 0 fully saturated rings. The Hall–Kier alpha value is -3.15. The summed E-state index contributed by atoms with van der Waals surface area (Å²) < 4.78 is 13.2. The summed E-state index contributed by atoms with van der Waals surface area (Å²) in [6.07, 6.45) is 0.449. The predicted molar refractivity (Wildman–Crippen MR) is 90.6 cm³/mol.